The zero-order valence-corrected chi connectivity index (χ0v) is 8.82. The van der Waals surface area contributed by atoms with Crippen molar-refractivity contribution in [2.24, 2.45) is 5.73 Å². The van der Waals surface area contributed by atoms with Gasteiger partial charge in [-0.2, -0.15) is 0 Å². The summed E-state index contributed by atoms with van der Waals surface area (Å²) >= 11 is 0. The molecule has 84 valence electrons. The average Bonchev–Trinajstić information content (AvgIpc) is 2.17. The minimum Gasteiger partial charge on any atom is -0.396 e. The minimum atomic E-state index is -0.632. The predicted octanol–water partition coefficient (Wildman–Crippen LogP) is -0.763. The summed E-state index contributed by atoms with van der Waals surface area (Å²) in [5.74, 6) is -0.229. The second-order valence-corrected chi connectivity index (χ2v) is 3.19. The first-order chi connectivity index (χ1) is 6.65. The summed E-state index contributed by atoms with van der Waals surface area (Å²) in [6.07, 6.45) is 1.34. The van der Waals surface area contributed by atoms with Crippen LogP contribution in [0.1, 0.15) is 19.8 Å². The van der Waals surface area contributed by atoms with Gasteiger partial charge in [0.05, 0.1) is 6.61 Å². The number of aliphatic hydroxyl groups is 1. The average molecular weight is 204 g/mol. The van der Waals surface area contributed by atoms with Gasteiger partial charge in [0.1, 0.15) is 6.04 Å². The Hall–Kier alpha value is -0.650. The Balaban J connectivity index is 3.88. The van der Waals surface area contributed by atoms with Crippen molar-refractivity contribution < 1.29 is 14.6 Å². The van der Waals surface area contributed by atoms with Crippen LogP contribution in [0.4, 0.5) is 0 Å². The first-order valence-electron chi connectivity index (χ1n) is 4.81. The Bertz CT molecular complexity index is 164. The number of hydrogen-bond donors (Lipinski definition) is 3. The topological polar surface area (TPSA) is 84.6 Å². The van der Waals surface area contributed by atoms with Gasteiger partial charge >= 0.3 is 0 Å². The summed E-state index contributed by atoms with van der Waals surface area (Å²) in [6.45, 7) is 2.22. The highest BCUT2D eigenvalue weighted by Crippen LogP contribution is 1.96. The van der Waals surface area contributed by atoms with Crippen molar-refractivity contribution in [3.05, 3.63) is 0 Å². The molecule has 0 spiro atoms. The van der Waals surface area contributed by atoms with Crippen LogP contribution in [0, 0.1) is 0 Å². The third kappa shape index (κ3) is 5.16. The molecule has 0 aliphatic heterocycles. The van der Waals surface area contributed by atoms with E-state index in [9.17, 15) is 4.79 Å². The molecule has 0 heterocycles. The lowest BCUT2D eigenvalue weighted by Crippen LogP contribution is -2.47. The fourth-order valence-corrected chi connectivity index (χ4v) is 1.10. The lowest BCUT2D eigenvalue weighted by atomic mass is 10.1. The highest BCUT2D eigenvalue weighted by atomic mass is 16.5. The smallest absolute Gasteiger partial charge is 0.239 e. The van der Waals surface area contributed by atoms with E-state index >= 15 is 0 Å². The molecule has 0 saturated heterocycles. The van der Waals surface area contributed by atoms with Crippen molar-refractivity contribution in [3.63, 3.8) is 0 Å². The van der Waals surface area contributed by atoms with Crippen molar-refractivity contribution >= 4 is 5.91 Å². The van der Waals surface area contributed by atoms with E-state index in [1.165, 1.54) is 7.11 Å². The second kappa shape index (κ2) is 7.73. The SMILES string of the molecule is CCC(CCO)NC(=O)C(N)COC. The van der Waals surface area contributed by atoms with E-state index in [0.29, 0.717) is 6.42 Å². The van der Waals surface area contributed by atoms with Crippen LogP contribution < -0.4 is 11.1 Å². The number of carbonyl (C=O) groups excluding carboxylic acids is 1. The number of rotatable bonds is 7. The molecule has 0 aromatic heterocycles. The molecule has 1 amide bonds. The standard InChI is InChI=1S/C9H20N2O3/c1-3-7(4-5-12)11-9(13)8(10)6-14-2/h7-8,12H,3-6,10H2,1-2H3,(H,11,13). The van der Waals surface area contributed by atoms with E-state index in [1.54, 1.807) is 0 Å². The Morgan fingerprint density at radius 3 is 2.71 bits per heavy atom. The van der Waals surface area contributed by atoms with Crippen LogP contribution in [0.15, 0.2) is 0 Å². The van der Waals surface area contributed by atoms with Crippen LogP contribution in [0.2, 0.25) is 0 Å². The first kappa shape index (κ1) is 13.4. The summed E-state index contributed by atoms with van der Waals surface area (Å²) in [5, 5.41) is 11.5. The largest absolute Gasteiger partial charge is 0.396 e. The van der Waals surface area contributed by atoms with Gasteiger partial charge < -0.3 is 20.9 Å². The van der Waals surface area contributed by atoms with Crippen LogP contribution in [0.3, 0.4) is 0 Å². The van der Waals surface area contributed by atoms with Gasteiger partial charge in [0.25, 0.3) is 0 Å². The minimum absolute atomic E-state index is 0.00425. The Morgan fingerprint density at radius 2 is 2.29 bits per heavy atom. The number of nitrogens with two attached hydrogens (primary N) is 1. The fraction of sp³-hybridized carbons (Fsp3) is 0.889. The molecule has 0 aliphatic carbocycles. The quantitative estimate of drug-likeness (QED) is 0.509. The first-order valence-corrected chi connectivity index (χ1v) is 4.81. The lowest BCUT2D eigenvalue weighted by molar-refractivity contribution is -0.124. The zero-order valence-electron chi connectivity index (χ0n) is 8.82. The summed E-state index contributed by atoms with van der Waals surface area (Å²) in [4.78, 5) is 11.4. The van der Waals surface area contributed by atoms with Gasteiger partial charge in [-0.15, -0.1) is 0 Å². The molecule has 5 heteroatoms. The van der Waals surface area contributed by atoms with E-state index in [1.807, 2.05) is 6.92 Å². The van der Waals surface area contributed by atoms with Gasteiger partial charge in [-0.1, -0.05) is 6.92 Å². The lowest BCUT2D eigenvalue weighted by Gasteiger charge is -2.18. The molecular weight excluding hydrogens is 184 g/mol. The molecule has 0 aliphatic rings. The molecule has 2 unspecified atom stereocenters. The van der Waals surface area contributed by atoms with Crippen molar-refractivity contribution in [1.82, 2.24) is 5.32 Å². The molecule has 0 fully saturated rings. The molecule has 5 nitrogen and oxygen atoms in total. The molecule has 2 atom stereocenters. The van der Waals surface area contributed by atoms with Crippen LogP contribution in [-0.4, -0.2) is 43.4 Å². The Morgan fingerprint density at radius 1 is 1.64 bits per heavy atom. The van der Waals surface area contributed by atoms with E-state index in [-0.39, 0.29) is 25.2 Å². The third-order valence-electron chi connectivity index (χ3n) is 2.00. The number of hydrogen-bond acceptors (Lipinski definition) is 4. The van der Waals surface area contributed by atoms with Crippen LogP contribution in [0.5, 0.6) is 0 Å². The number of amides is 1. The molecule has 14 heavy (non-hydrogen) atoms. The fourth-order valence-electron chi connectivity index (χ4n) is 1.10. The molecule has 0 bridgehead atoms. The number of aliphatic hydroxyl groups excluding tert-OH is 1. The van der Waals surface area contributed by atoms with Gasteiger partial charge in [-0.05, 0) is 12.8 Å². The van der Waals surface area contributed by atoms with Crippen molar-refractivity contribution in [3.8, 4) is 0 Å². The maximum absolute atomic E-state index is 11.4. The molecular formula is C9H20N2O3. The number of ether oxygens (including phenoxy) is 1. The summed E-state index contributed by atoms with van der Waals surface area (Å²) < 4.78 is 4.76. The van der Waals surface area contributed by atoms with E-state index < -0.39 is 6.04 Å². The van der Waals surface area contributed by atoms with Gasteiger partial charge in [0.2, 0.25) is 5.91 Å². The van der Waals surface area contributed by atoms with Crippen LogP contribution in [-0.2, 0) is 9.53 Å². The maximum Gasteiger partial charge on any atom is 0.239 e. The molecule has 0 rings (SSSR count). The van der Waals surface area contributed by atoms with Crippen molar-refractivity contribution in [2.45, 2.75) is 31.8 Å². The summed E-state index contributed by atoms with van der Waals surface area (Å²) in [6, 6.07) is -0.636. The van der Waals surface area contributed by atoms with Gasteiger partial charge in [-0.3, -0.25) is 4.79 Å². The third-order valence-corrected chi connectivity index (χ3v) is 2.00. The Labute approximate surface area is 84.6 Å². The van der Waals surface area contributed by atoms with Crippen molar-refractivity contribution in [1.29, 1.82) is 0 Å². The number of nitrogens with one attached hydrogen (secondary N) is 1. The van der Waals surface area contributed by atoms with Crippen LogP contribution in [0.25, 0.3) is 0 Å². The van der Waals surface area contributed by atoms with Gasteiger partial charge in [0.15, 0.2) is 0 Å². The van der Waals surface area contributed by atoms with Gasteiger partial charge in [0, 0.05) is 19.8 Å². The Kier molecular flexibility index (Phi) is 7.37. The second-order valence-electron chi connectivity index (χ2n) is 3.19. The highest BCUT2D eigenvalue weighted by Gasteiger charge is 2.16. The molecule has 4 N–H and O–H groups in total. The zero-order chi connectivity index (χ0) is 11.0. The van der Waals surface area contributed by atoms with Crippen LogP contribution >= 0.6 is 0 Å². The monoisotopic (exact) mass is 204 g/mol. The number of carbonyl (C=O) groups is 1. The summed E-state index contributed by atoms with van der Waals surface area (Å²) in [5.41, 5.74) is 5.53. The van der Waals surface area contributed by atoms with Crippen molar-refractivity contribution in [2.75, 3.05) is 20.3 Å². The van der Waals surface area contributed by atoms with E-state index in [2.05, 4.69) is 5.32 Å². The van der Waals surface area contributed by atoms with E-state index in [0.717, 1.165) is 6.42 Å². The number of methoxy groups -OCH3 is 1. The normalized spacial score (nSPS) is 14.9. The van der Waals surface area contributed by atoms with Gasteiger partial charge in [-0.25, -0.2) is 0 Å². The molecule has 0 saturated carbocycles. The molecule has 0 radical (unpaired) electrons. The summed E-state index contributed by atoms with van der Waals surface area (Å²) in [7, 11) is 1.50. The maximum atomic E-state index is 11.4. The van der Waals surface area contributed by atoms with E-state index in [4.69, 9.17) is 15.6 Å². The molecule has 0 aromatic carbocycles. The highest BCUT2D eigenvalue weighted by molar-refractivity contribution is 5.81. The predicted molar refractivity (Wildman–Crippen MR) is 53.8 cm³/mol. The molecule has 0 aromatic rings.